The Morgan fingerprint density at radius 1 is 1.25 bits per heavy atom. The van der Waals surface area contributed by atoms with Crippen molar-refractivity contribution < 1.29 is 9.72 Å². The van der Waals surface area contributed by atoms with Crippen LogP contribution < -0.4 is 10.6 Å². The summed E-state index contributed by atoms with van der Waals surface area (Å²) in [5, 5.41) is 25.7. The molecule has 0 aliphatic rings. The molecule has 2 aromatic carbocycles. The molecule has 122 valence electrons. The monoisotopic (exact) mass is 344 g/mol. The van der Waals surface area contributed by atoms with E-state index in [0.717, 1.165) is 0 Å². The normalized spacial score (nSPS) is 9.83. The van der Waals surface area contributed by atoms with E-state index in [0.29, 0.717) is 29.4 Å². The van der Waals surface area contributed by atoms with Crippen molar-refractivity contribution in [3.8, 4) is 6.07 Å². The number of halogens is 1. The Labute approximate surface area is 143 Å². The van der Waals surface area contributed by atoms with E-state index in [1.807, 2.05) is 0 Å². The summed E-state index contributed by atoms with van der Waals surface area (Å²) in [4.78, 5) is 22.2. The van der Waals surface area contributed by atoms with E-state index >= 15 is 0 Å². The average molecular weight is 345 g/mol. The van der Waals surface area contributed by atoms with Gasteiger partial charge in [0.1, 0.15) is 11.6 Å². The molecule has 2 aromatic rings. The van der Waals surface area contributed by atoms with Crippen molar-refractivity contribution >= 4 is 28.9 Å². The highest BCUT2D eigenvalue weighted by molar-refractivity contribution is 6.33. The minimum Gasteiger partial charge on any atom is -0.383 e. The van der Waals surface area contributed by atoms with Gasteiger partial charge >= 0.3 is 0 Å². The number of amides is 1. The minimum absolute atomic E-state index is 0.00225. The van der Waals surface area contributed by atoms with E-state index in [-0.39, 0.29) is 17.2 Å². The second-order valence-corrected chi connectivity index (χ2v) is 5.17. The topological polar surface area (TPSA) is 108 Å². The van der Waals surface area contributed by atoms with Crippen molar-refractivity contribution in [1.29, 1.82) is 5.26 Å². The van der Waals surface area contributed by atoms with Gasteiger partial charge in [0, 0.05) is 24.8 Å². The number of benzene rings is 2. The molecule has 0 aliphatic heterocycles. The summed E-state index contributed by atoms with van der Waals surface area (Å²) in [6, 6.07) is 12.7. The predicted molar refractivity (Wildman–Crippen MR) is 90.1 cm³/mol. The third-order valence-electron chi connectivity index (χ3n) is 3.17. The van der Waals surface area contributed by atoms with E-state index in [1.165, 1.54) is 12.1 Å². The zero-order valence-corrected chi connectivity index (χ0v) is 13.2. The molecular weight excluding hydrogens is 332 g/mol. The number of anilines is 1. The van der Waals surface area contributed by atoms with Gasteiger partial charge in [-0.1, -0.05) is 23.7 Å². The van der Waals surface area contributed by atoms with Crippen LogP contribution in [0.2, 0.25) is 5.02 Å². The Morgan fingerprint density at radius 2 is 2.00 bits per heavy atom. The molecule has 0 radical (unpaired) electrons. The summed E-state index contributed by atoms with van der Waals surface area (Å²) in [6.45, 7) is 0.664. The first-order chi connectivity index (χ1) is 11.5. The van der Waals surface area contributed by atoms with Crippen LogP contribution in [0.1, 0.15) is 15.9 Å². The maximum absolute atomic E-state index is 12.0. The Kier molecular flexibility index (Phi) is 5.71. The van der Waals surface area contributed by atoms with Gasteiger partial charge in [-0.05, 0) is 24.3 Å². The molecule has 2 N–H and O–H groups in total. The van der Waals surface area contributed by atoms with E-state index < -0.39 is 4.92 Å². The smallest absolute Gasteiger partial charge is 0.289 e. The van der Waals surface area contributed by atoms with E-state index in [2.05, 4.69) is 10.6 Å². The Balaban J connectivity index is 1.90. The Hall–Kier alpha value is -3.11. The summed E-state index contributed by atoms with van der Waals surface area (Å²) in [5.41, 5.74) is 0.612. The van der Waals surface area contributed by atoms with Gasteiger partial charge < -0.3 is 10.6 Å². The van der Waals surface area contributed by atoms with E-state index in [9.17, 15) is 14.9 Å². The Bertz CT molecular complexity index is 817. The minimum atomic E-state index is -0.608. The van der Waals surface area contributed by atoms with Crippen LogP contribution in [0.5, 0.6) is 0 Å². The van der Waals surface area contributed by atoms with Crippen LogP contribution >= 0.6 is 11.6 Å². The number of hydrogen-bond donors (Lipinski definition) is 2. The summed E-state index contributed by atoms with van der Waals surface area (Å²) in [5.74, 6) is -0.298. The van der Waals surface area contributed by atoms with Gasteiger partial charge in [0.15, 0.2) is 0 Å². The number of nitro groups is 1. The van der Waals surface area contributed by atoms with Crippen LogP contribution in [-0.2, 0) is 0 Å². The highest BCUT2D eigenvalue weighted by Crippen LogP contribution is 2.22. The molecule has 0 aliphatic carbocycles. The van der Waals surface area contributed by atoms with E-state index in [4.69, 9.17) is 16.9 Å². The van der Waals surface area contributed by atoms with Gasteiger partial charge in [0.25, 0.3) is 11.6 Å². The third kappa shape index (κ3) is 4.21. The molecule has 0 unspecified atom stereocenters. The molecule has 2 rings (SSSR count). The molecule has 1 amide bonds. The molecule has 0 heterocycles. The molecule has 0 fully saturated rings. The predicted octanol–water partition coefficient (Wildman–Crippen LogP) is 2.96. The maximum Gasteiger partial charge on any atom is 0.289 e. The highest BCUT2D eigenvalue weighted by atomic mass is 35.5. The fraction of sp³-hybridized carbons (Fsp3) is 0.125. The molecule has 0 bridgehead atoms. The number of nitriles is 1. The number of nitrogens with one attached hydrogen (secondary N) is 2. The first-order valence-electron chi connectivity index (χ1n) is 6.98. The van der Waals surface area contributed by atoms with Gasteiger partial charge in [-0.15, -0.1) is 0 Å². The summed E-state index contributed by atoms with van der Waals surface area (Å²) < 4.78 is 0. The van der Waals surface area contributed by atoms with Crippen molar-refractivity contribution in [2.75, 3.05) is 18.4 Å². The number of hydrogen-bond acceptors (Lipinski definition) is 5. The van der Waals surface area contributed by atoms with Gasteiger partial charge in [-0.25, -0.2) is 0 Å². The lowest BCUT2D eigenvalue weighted by molar-refractivity contribution is -0.385. The first kappa shape index (κ1) is 17.2. The average Bonchev–Trinajstić information content (AvgIpc) is 2.58. The number of nitro benzene ring substituents is 1. The van der Waals surface area contributed by atoms with E-state index in [1.54, 1.807) is 36.4 Å². The molecular formula is C16H13ClN4O3. The summed E-state index contributed by atoms with van der Waals surface area (Å²) in [6.07, 6.45) is 0. The lowest BCUT2D eigenvalue weighted by Crippen LogP contribution is -2.28. The number of nitrogens with zero attached hydrogens (tertiary/aromatic N) is 2. The molecule has 0 aromatic heterocycles. The van der Waals surface area contributed by atoms with Crippen LogP contribution in [0, 0.1) is 21.4 Å². The SMILES string of the molecule is N#Cc1ccc(NCCNC(=O)c2ccccc2Cl)cc1[N+](=O)[O-]. The fourth-order valence-electron chi connectivity index (χ4n) is 2.01. The quantitative estimate of drug-likeness (QED) is 0.476. The third-order valence-corrected chi connectivity index (χ3v) is 3.50. The summed E-state index contributed by atoms with van der Waals surface area (Å²) in [7, 11) is 0. The maximum atomic E-state index is 12.0. The van der Waals surface area contributed by atoms with Crippen LogP contribution in [0.15, 0.2) is 42.5 Å². The highest BCUT2D eigenvalue weighted by Gasteiger charge is 2.14. The molecule has 7 nitrogen and oxygen atoms in total. The summed E-state index contributed by atoms with van der Waals surface area (Å²) >= 11 is 5.94. The van der Waals surface area contributed by atoms with Gasteiger partial charge in [0.05, 0.1) is 15.5 Å². The largest absolute Gasteiger partial charge is 0.383 e. The first-order valence-corrected chi connectivity index (χ1v) is 7.36. The second kappa shape index (κ2) is 7.94. The standard InChI is InChI=1S/C16H13ClN4O3/c17-14-4-2-1-3-13(14)16(22)20-8-7-19-12-6-5-11(10-18)15(9-12)21(23)24/h1-6,9,19H,7-8H2,(H,20,22). The number of carbonyl (C=O) groups is 1. The molecule has 24 heavy (non-hydrogen) atoms. The van der Waals surface area contributed by atoms with Crippen LogP contribution in [0.4, 0.5) is 11.4 Å². The van der Waals surface area contributed by atoms with Gasteiger partial charge in [0.2, 0.25) is 0 Å². The molecule has 8 heteroatoms. The van der Waals surface area contributed by atoms with Crippen molar-refractivity contribution in [2.45, 2.75) is 0 Å². The second-order valence-electron chi connectivity index (χ2n) is 4.76. The van der Waals surface area contributed by atoms with Crippen LogP contribution in [-0.4, -0.2) is 23.9 Å². The lowest BCUT2D eigenvalue weighted by Gasteiger charge is -2.09. The molecule has 0 saturated carbocycles. The van der Waals surface area contributed by atoms with Gasteiger partial charge in [-0.3, -0.25) is 14.9 Å². The van der Waals surface area contributed by atoms with Crippen molar-refractivity contribution in [1.82, 2.24) is 5.32 Å². The Morgan fingerprint density at radius 3 is 2.67 bits per heavy atom. The number of carbonyl (C=O) groups excluding carboxylic acids is 1. The van der Waals surface area contributed by atoms with Crippen LogP contribution in [0.25, 0.3) is 0 Å². The zero-order valence-electron chi connectivity index (χ0n) is 12.5. The van der Waals surface area contributed by atoms with Crippen LogP contribution in [0.3, 0.4) is 0 Å². The lowest BCUT2D eigenvalue weighted by atomic mass is 10.2. The van der Waals surface area contributed by atoms with Gasteiger partial charge in [-0.2, -0.15) is 5.26 Å². The zero-order chi connectivity index (χ0) is 17.5. The molecule has 0 saturated heterocycles. The fourth-order valence-corrected chi connectivity index (χ4v) is 2.23. The van der Waals surface area contributed by atoms with Crippen molar-refractivity contribution in [3.63, 3.8) is 0 Å². The van der Waals surface area contributed by atoms with Crippen molar-refractivity contribution in [3.05, 3.63) is 68.7 Å². The molecule has 0 atom stereocenters. The van der Waals surface area contributed by atoms with Crippen molar-refractivity contribution in [2.24, 2.45) is 0 Å². The molecule has 0 spiro atoms. The number of rotatable bonds is 6.